The molecule has 176 valence electrons. The number of rotatable bonds is 4. The smallest absolute Gasteiger partial charge is 0.300 e. The maximum absolute atomic E-state index is 13.5. The lowest BCUT2D eigenvalue weighted by Crippen LogP contribution is -2.29. The number of Topliss-reactive ketones (excluding diaryl/α,β-unsaturated/α-hetero) is 1. The summed E-state index contributed by atoms with van der Waals surface area (Å²) in [5, 5.41) is 12.8. The Morgan fingerprint density at radius 3 is 2.51 bits per heavy atom. The summed E-state index contributed by atoms with van der Waals surface area (Å²) < 4.78 is 5.28. The molecule has 0 radical (unpaired) electrons. The molecule has 4 aromatic rings. The first-order chi connectivity index (χ1) is 16.8. The zero-order valence-corrected chi connectivity index (χ0v) is 20.2. The lowest BCUT2D eigenvalue weighted by atomic mass is 9.92. The molecule has 5 rings (SSSR count). The van der Waals surface area contributed by atoms with Gasteiger partial charge in [0.2, 0.25) is 0 Å². The van der Waals surface area contributed by atoms with Gasteiger partial charge >= 0.3 is 0 Å². The van der Waals surface area contributed by atoms with E-state index in [1.165, 1.54) is 4.90 Å². The number of anilines is 1. The lowest BCUT2D eigenvalue weighted by Gasteiger charge is -2.26. The van der Waals surface area contributed by atoms with Crippen LogP contribution in [-0.2, 0) is 9.59 Å². The van der Waals surface area contributed by atoms with Crippen molar-refractivity contribution in [2.45, 2.75) is 19.9 Å². The second kappa shape index (κ2) is 8.64. The van der Waals surface area contributed by atoms with Crippen LogP contribution in [0, 0.1) is 13.8 Å². The maximum Gasteiger partial charge on any atom is 0.300 e. The number of ether oxygens (including phenoxy) is 1. The van der Waals surface area contributed by atoms with Gasteiger partial charge in [-0.1, -0.05) is 35.9 Å². The maximum atomic E-state index is 13.5. The van der Waals surface area contributed by atoms with Crippen molar-refractivity contribution in [3.63, 3.8) is 0 Å². The topological polar surface area (TPSA) is 82.6 Å². The van der Waals surface area contributed by atoms with E-state index in [1.807, 2.05) is 38.1 Å². The van der Waals surface area contributed by atoms with Crippen LogP contribution < -0.4 is 9.64 Å². The highest BCUT2D eigenvalue weighted by Crippen LogP contribution is 2.46. The Labute approximate surface area is 207 Å². The zero-order valence-electron chi connectivity index (χ0n) is 19.4. The Balaban J connectivity index is 1.82. The van der Waals surface area contributed by atoms with Crippen molar-refractivity contribution in [1.82, 2.24) is 4.98 Å². The number of fused-ring (bicyclic) bond motifs is 1. The number of carbonyl (C=O) groups excluding carboxylic acids is 2. The number of aromatic nitrogens is 1. The molecular formula is C28H23ClN2O4. The SMILES string of the molecule is COc1ccc(/C(O)=C2\C(=O)C(=O)N(c3cccc(Cl)c3)C2c2c(C)[nH]c3ccccc23)c(C)c1. The number of ketones is 1. The van der Waals surface area contributed by atoms with Gasteiger partial charge in [-0.2, -0.15) is 0 Å². The first-order valence-electron chi connectivity index (χ1n) is 11.1. The number of para-hydroxylation sites is 1. The monoisotopic (exact) mass is 486 g/mol. The number of amides is 1. The van der Waals surface area contributed by atoms with Crippen molar-refractivity contribution in [2.75, 3.05) is 12.0 Å². The van der Waals surface area contributed by atoms with E-state index >= 15 is 0 Å². The molecule has 6 nitrogen and oxygen atoms in total. The highest BCUT2D eigenvalue weighted by atomic mass is 35.5. The number of aliphatic hydroxyl groups excluding tert-OH is 1. The van der Waals surface area contributed by atoms with Crippen LogP contribution >= 0.6 is 11.6 Å². The van der Waals surface area contributed by atoms with Gasteiger partial charge in [-0.05, 0) is 61.9 Å². The second-order valence-corrected chi connectivity index (χ2v) is 8.98. The fourth-order valence-electron chi connectivity index (χ4n) is 4.82. The summed E-state index contributed by atoms with van der Waals surface area (Å²) in [5.41, 5.74) is 4.07. The van der Waals surface area contributed by atoms with E-state index in [0.29, 0.717) is 27.6 Å². The molecule has 0 aliphatic carbocycles. The normalized spacial score (nSPS) is 17.4. The van der Waals surface area contributed by atoms with Gasteiger partial charge in [0.15, 0.2) is 0 Å². The molecule has 1 aliphatic heterocycles. The summed E-state index contributed by atoms with van der Waals surface area (Å²) in [7, 11) is 1.56. The zero-order chi connectivity index (χ0) is 24.9. The standard InChI is InChI=1S/C28H23ClN2O4/c1-15-13-19(35-3)11-12-20(15)26(32)24-25(23-16(2)30-22-10-5-4-9-21(22)23)31(28(34)27(24)33)18-8-6-7-17(29)14-18/h4-14,25,30,32H,1-3H3/b26-24+. The molecule has 2 N–H and O–H groups in total. The molecule has 0 bridgehead atoms. The summed E-state index contributed by atoms with van der Waals surface area (Å²) in [6, 6.07) is 18.8. The Bertz CT molecular complexity index is 1540. The van der Waals surface area contributed by atoms with Crippen molar-refractivity contribution in [2.24, 2.45) is 0 Å². The second-order valence-electron chi connectivity index (χ2n) is 8.54. The lowest BCUT2D eigenvalue weighted by molar-refractivity contribution is -0.132. The first kappa shape index (κ1) is 22.7. The average molecular weight is 487 g/mol. The number of aryl methyl sites for hydroxylation is 2. The largest absolute Gasteiger partial charge is 0.507 e. The molecule has 1 saturated heterocycles. The third-order valence-corrected chi connectivity index (χ3v) is 6.67. The van der Waals surface area contributed by atoms with Crippen molar-refractivity contribution < 1.29 is 19.4 Å². The van der Waals surface area contributed by atoms with Crippen LogP contribution in [0.3, 0.4) is 0 Å². The third-order valence-electron chi connectivity index (χ3n) is 6.44. The molecule has 1 amide bonds. The molecule has 7 heteroatoms. The Hall–Kier alpha value is -4.03. The van der Waals surface area contributed by atoms with E-state index < -0.39 is 17.7 Å². The van der Waals surface area contributed by atoms with Gasteiger partial charge in [-0.15, -0.1) is 0 Å². The van der Waals surface area contributed by atoms with Gasteiger partial charge in [0.25, 0.3) is 11.7 Å². The third kappa shape index (κ3) is 3.67. The van der Waals surface area contributed by atoms with Crippen LogP contribution in [0.1, 0.15) is 28.4 Å². The molecule has 1 atom stereocenters. The molecule has 1 fully saturated rings. The van der Waals surface area contributed by atoms with Gasteiger partial charge in [0.05, 0.1) is 18.7 Å². The van der Waals surface area contributed by atoms with E-state index in [-0.39, 0.29) is 11.3 Å². The fourth-order valence-corrected chi connectivity index (χ4v) is 5.01. The number of carbonyl (C=O) groups is 2. The van der Waals surface area contributed by atoms with Crippen LogP contribution in [0.5, 0.6) is 5.75 Å². The molecule has 0 spiro atoms. The number of nitrogens with zero attached hydrogens (tertiary/aromatic N) is 1. The number of hydrogen-bond donors (Lipinski definition) is 2. The quantitative estimate of drug-likeness (QED) is 0.208. The van der Waals surface area contributed by atoms with Crippen molar-refractivity contribution in [3.05, 3.63) is 99.7 Å². The van der Waals surface area contributed by atoms with Crippen LogP contribution in [0.25, 0.3) is 16.7 Å². The first-order valence-corrected chi connectivity index (χ1v) is 11.5. The number of benzene rings is 3. The summed E-state index contributed by atoms with van der Waals surface area (Å²) in [6.45, 7) is 3.71. The Kier molecular flexibility index (Phi) is 5.61. The summed E-state index contributed by atoms with van der Waals surface area (Å²) in [5.74, 6) is -1.09. The minimum Gasteiger partial charge on any atom is -0.507 e. The number of hydrogen-bond acceptors (Lipinski definition) is 4. The number of nitrogens with one attached hydrogen (secondary N) is 1. The van der Waals surface area contributed by atoms with E-state index in [9.17, 15) is 14.7 Å². The van der Waals surface area contributed by atoms with E-state index in [1.54, 1.807) is 49.6 Å². The van der Waals surface area contributed by atoms with Crippen LogP contribution in [0.15, 0.2) is 72.3 Å². The van der Waals surface area contributed by atoms with Gasteiger partial charge in [0, 0.05) is 38.4 Å². The molecule has 1 aliphatic rings. The van der Waals surface area contributed by atoms with E-state index in [0.717, 1.165) is 22.2 Å². The molecule has 1 unspecified atom stereocenters. The van der Waals surface area contributed by atoms with E-state index in [4.69, 9.17) is 16.3 Å². The summed E-state index contributed by atoms with van der Waals surface area (Å²) >= 11 is 6.25. The van der Waals surface area contributed by atoms with Gasteiger partial charge in [0.1, 0.15) is 11.5 Å². The highest BCUT2D eigenvalue weighted by molar-refractivity contribution is 6.52. The number of aromatic amines is 1. The molecular weight excluding hydrogens is 464 g/mol. The number of halogens is 1. The Morgan fingerprint density at radius 2 is 1.80 bits per heavy atom. The van der Waals surface area contributed by atoms with E-state index in [2.05, 4.69) is 4.98 Å². The van der Waals surface area contributed by atoms with Crippen LogP contribution in [0.2, 0.25) is 5.02 Å². The average Bonchev–Trinajstić information content (AvgIpc) is 3.30. The van der Waals surface area contributed by atoms with Gasteiger partial charge in [-0.25, -0.2) is 0 Å². The molecule has 3 aromatic carbocycles. The number of methoxy groups -OCH3 is 1. The minimum absolute atomic E-state index is 0.0242. The minimum atomic E-state index is -0.855. The van der Waals surface area contributed by atoms with Crippen LogP contribution in [0.4, 0.5) is 5.69 Å². The number of H-pyrrole nitrogens is 1. The van der Waals surface area contributed by atoms with Gasteiger partial charge < -0.3 is 14.8 Å². The molecule has 0 saturated carbocycles. The van der Waals surface area contributed by atoms with Crippen LogP contribution in [-0.4, -0.2) is 28.9 Å². The number of aliphatic hydroxyl groups is 1. The predicted octanol–water partition coefficient (Wildman–Crippen LogP) is 6.07. The van der Waals surface area contributed by atoms with Crippen molar-refractivity contribution in [3.8, 4) is 5.75 Å². The van der Waals surface area contributed by atoms with Crippen molar-refractivity contribution >= 4 is 45.6 Å². The summed E-state index contributed by atoms with van der Waals surface area (Å²) in [4.78, 5) is 31.7. The molecule has 1 aromatic heterocycles. The van der Waals surface area contributed by atoms with Crippen molar-refractivity contribution in [1.29, 1.82) is 0 Å². The summed E-state index contributed by atoms with van der Waals surface area (Å²) in [6.07, 6.45) is 0. The predicted molar refractivity (Wildman–Crippen MR) is 137 cm³/mol. The van der Waals surface area contributed by atoms with Gasteiger partial charge in [-0.3, -0.25) is 14.5 Å². The fraction of sp³-hybridized carbons (Fsp3) is 0.143. The Morgan fingerprint density at radius 1 is 1.03 bits per heavy atom. The highest BCUT2D eigenvalue weighted by Gasteiger charge is 2.48. The molecule has 35 heavy (non-hydrogen) atoms. The molecule has 2 heterocycles.